The number of carbonyl (C=O) groups excluding carboxylic acids is 1. The summed E-state index contributed by atoms with van der Waals surface area (Å²) in [6.45, 7) is 3.90. The van der Waals surface area contributed by atoms with Gasteiger partial charge in [0.05, 0.1) is 12.5 Å². The summed E-state index contributed by atoms with van der Waals surface area (Å²) in [5.41, 5.74) is 1.57. The van der Waals surface area contributed by atoms with Gasteiger partial charge >= 0.3 is 5.97 Å². The average Bonchev–Trinajstić information content (AvgIpc) is 2.99. The molecule has 1 aliphatic rings. The lowest BCUT2D eigenvalue weighted by molar-refractivity contribution is -0.148. The molecule has 0 amide bonds. The van der Waals surface area contributed by atoms with Crippen LogP contribution in [0.15, 0.2) is 48.5 Å². The van der Waals surface area contributed by atoms with Crippen LogP contribution in [0.4, 0.5) is 4.39 Å². The first-order chi connectivity index (χ1) is 12.1. The third-order valence-electron chi connectivity index (χ3n) is 4.60. The first-order valence-corrected chi connectivity index (χ1v) is 8.84. The van der Waals surface area contributed by atoms with Crippen molar-refractivity contribution in [3.8, 4) is 0 Å². The Kier molecular flexibility index (Phi) is 5.71. The summed E-state index contributed by atoms with van der Waals surface area (Å²) in [4.78, 5) is 14.6. The van der Waals surface area contributed by atoms with E-state index >= 15 is 0 Å². The topological polar surface area (TPSA) is 29.5 Å². The van der Waals surface area contributed by atoms with Gasteiger partial charge in [0.2, 0.25) is 0 Å². The highest BCUT2D eigenvalue weighted by molar-refractivity contribution is 6.31. The highest BCUT2D eigenvalue weighted by Gasteiger charge is 2.41. The molecule has 0 radical (unpaired) electrons. The van der Waals surface area contributed by atoms with Crippen molar-refractivity contribution in [2.45, 2.75) is 19.4 Å². The van der Waals surface area contributed by atoms with E-state index in [4.69, 9.17) is 16.3 Å². The highest BCUT2D eigenvalue weighted by atomic mass is 35.5. The molecule has 0 saturated carbocycles. The van der Waals surface area contributed by atoms with Crippen molar-refractivity contribution in [3.63, 3.8) is 0 Å². The van der Waals surface area contributed by atoms with E-state index in [-0.39, 0.29) is 17.7 Å². The molecule has 132 valence electrons. The minimum atomic E-state index is -0.418. The van der Waals surface area contributed by atoms with Crippen LogP contribution in [-0.2, 0) is 16.1 Å². The number of hydrogen-bond donors (Lipinski definition) is 0. The normalized spacial score (nSPS) is 20.6. The molecule has 1 fully saturated rings. The van der Waals surface area contributed by atoms with Crippen molar-refractivity contribution in [1.82, 2.24) is 4.90 Å². The van der Waals surface area contributed by atoms with Gasteiger partial charge in [0.25, 0.3) is 0 Å². The number of hydrogen-bond acceptors (Lipinski definition) is 3. The van der Waals surface area contributed by atoms with Gasteiger partial charge < -0.3 is 4.74 Å². The number of esters is 1. The van der Waals surface area contributed by atoms with Gasteiger partial charge in [-0.3, -0.25) is 9.69 Å². The van der Waals surface area contributed by atoms with Crippen molar-refractivity contribution in [1.29, 1.82) is 0 Å². The Morgan fingerprint density at radius 3 is 2.64 bits per heavy atom. The molecule has 2 aromatic rings. The Morgan fingerprint density at radius 2 is 1.96 bits per heavy atom. The van der Waals surface area contributed by atoms with E-state index in [0.717, 1.165) is 5.56 Å². The summed E-state index contributed by atoms with van der Waals surface area (Å²) < 4.78 is 19.6. The van der Waals surface area contributed by atoms with E-state index in [1.54, 1.807) is 19.1 Å². The molecule has 0 N–H and O–H groups in total. The minimum Gasteiger partial charge on any atom is -0.466 e. The molecular weight excluding hydrogens is 341 g/mol. The first kappa shape index (κ1) is 17.9. The molecule has 0 aromatic heterocycles. The smallest absolute Gasteiger partial charge is 0.310 e. The highest BCUT2D eigenvalue weighted by Crippen LogP contribution is 2.39. The molecule has 1 heterocycles. The van der Waals surface area contributed by atoms with Gasteiger partial charge in [-0.1, -0.05) is 48.0 Å². The fraction of sp³-hybridized carbons (Fsp3) is 0.350. The Hall–Kier alpha value is -1.91. The fourth-order valence-corrected chi connectivity index (χ4v) is 3.80. The van der Waals surface area contributed by atoms with Crippen molar-refractivity contribution in [3.05, 3.63) is 70.5 Å². The van der Waals surface area contributed by atoms with E-state index in [2.05, 4.69) is 4.90 Å². The number of likely N-dealkylation sites (tertiary alicyclic amines) is 1. The molecule has 5 heteroatoms. The maximum Gasteiger partial charge on any atom is 0.310 e. The van der Waals surface area contributed by atoms with Crippen molar-refractivity contribution in [2.75, 3.05) is 19.7 Å². The molecule has 3 rings (SSSR count). The molecule has 1 saturated heterocycles. The zero-order valence-electron chi connectivity index (χ0n) is 14.1. The van der Waals surface area contributed by atoms with Gasteiger partial charge in [-0.2, -0.15) is 0 Å². The number of carbonyl (C=O) groups is 1. The molecule has 2 atom stereocenters. The zero-order chi connectivity index (χ0) is 17.8. The van der Waals surface area contributed by atoms with Crippen LogP contribution in [0.25, 0.3) is 0 Å². The van der Waals surface area contributed by atoms with Crippen LogP contribution in [-0.4, -0.2) is 30.6 Å². The summed E-state index contributed by atoms with van der Waals surface area (Å²) in [5, 5.41) is 0.362. The average molecular weight is 362 g/mol. The fourth-order valence-electron chi connectivity index (χ4n) is 3.50. The van der Waals surface area contributed by atoms with E-state index in [1.807, 2.05) is 30.3 Å². The molecule has 3 nitrogen and oxygen atoms in total. The first-order valence-electron chi connectivity index (χ1n) is 8.47. The maximum atomic E-state index is 14.4. The number of rotatable bonds is 5. The second-order valence-corrected chi connectivity index (χ2v) is 6.69. The van der Waals surface area contributed by atoms with Gasteiger partial charge in [0, 0.05) is 36.1 Å². The Labute approximate surface area is 152 Å². The quantitative estimate of drug-likeness (QED) is 0.745. The summed E-state index contributed by atoms with van der Waals surface area (Å²) in [5.74, 6) is -1.38. The van der Waals surface area contributed by atoms with Gasteiger partial charge in [-0.25, -0.2) is 4.39 Å². The summed E-state index contributed by atoms with van der Waals surface area (Å²) in [7, 11) is 0. The van der Waals surface area contributed by atoms with Gasteiger partial charge in [0.15, 0.2) is 0 Å². The van der Waals surface area contributed by atoms with Crippen LogP contribution in [0.1, 0.15) is 24.0 Å². The molecule has 0 spiro atoms. The number of nitrogens with zero attached hydrogens (tertiary/aromatic N) is 1. The van der Waals surface area contributed by atoms with E-state index < -0.39 is 5.92 Å². The number of ether oxygens (including phenoxy) is 1. The second kappa shape index (κ2) is 7.98. The van der Waals surface area contributed by atoms with Crippen LogP contribution in [0, 0.1) is 11.7 Å². The van der Waals surface area contributed by atoms with Crippen molar-refractivity contribution in [2.24, 2.45) is 5.92 Å². The second-order valence-electron chi connectivity index (χ2n) is 6.28. The summed E-state index contributed by atoms with van der Waals surface area (Å²) in [6, 6.07) is 14.7. The van der Waals surface area contributed by atoms with Crippen LogP contribution in [0.5, 0.6) is 0 Å². The minimum absolute atomic E-state index is 0.289. The maximum absolute atomic E-state index is 14.4. The standard InChI is InChI=1S/C20H21ClFNO2/c1-2-25-20(24)16-13-23(11-14-7-4-3-5-8-14)12-15(16)19-17(21)9-6-10-18(19)22/h3-10,15-16H,2,11-13H2,1H3. The third-order valence-corrected chi connectivity index (χ3v) is 4.93. The Bertz CT molecular complexity index is 717. The largest absolute Gasteiger partial charge is 0.466 e. The number of halogens is 2. The van der Waals surface area contributed by atoms with Gasteiger partial charge in [-0.15, -0.1) is 0 Å². The number of benzene rings is 2. The lowest BCUT2D eigenvalue weighted by atomic mass is 9.88. The Morgan fingerprint density at radius 1 is 1.20 bits per heavy atom. The predicted molar refractivity (Wildman–Crippen MR) is 96.0 cm³/mol. The molecule has 2 aromatic carbocycles. The predicted octanol–water partition coefficient (Wildman–Crippen LogP) is 4.26. The summed E-state index contributed by atoms with van der Waals surface area (Å²) in [6.07, 6.45) is 0. The zero-order valence-corrected chi connectivity index (χ0v) is 14.9. The van der Waals surface area contributed by atoms with E-state index in [9.17, 15) is 9.18 Å². The van der Waals surface area contributed by atoms with Crippen molar-refractivity contribution < 1.29 is 13.9 Å². The van der Waals surface area contributed by atoms with E-state index in [0.29, 0.717) is 36.8 Å². The lowest BCUT2D eigenvalue weighted by Gasteiger charge is -2.19. The van der Waals surface area contributed by atoms with Crippen LogP contribution >= 0.6 is 11.6 Å². The van der Waals surface area contributed by atoms with Crippen LogP contribution < -0.4 is 0 Å². The monoisotopic (exact) mass is 361 g/mol. The molecule has 2 unspecified atom stereocenters. The van der Waals surface area contributed by atoms with Crippen LogP contribution in [0.3, 0.4) is 0 Å². The SMILES string of the molecule is CCOC(=O)C1CN(Cc2ccccc2)CC1c1c(F)cccc1Cl. The third kappa shape index (κ3) is 4.02. The Balaban J connectivity index is 1.87. The van der Waals surface area contributed by atoms with Crippen molar-refractivity contribution >= 4 is 17.6 Å². The molecular formula is C20H21ClFNO2. The lowest BCUT2D eigenvalue weighted by Crippen LogP contribution is -2.25. The van der Waals surface area contributed by atoms with E-state index in [1.165, 1.54) is 6.07 Å². The molecule has 1 aliphatic heterocycles. The molecule has 0 bridgehead atoms. The van der Waals surface area contributed by atoms with Gasteiger partial charge in [-0.05, 0) is 24.6 Å². The van der Waals surface area contributed by atoms with Crippen LogP contribution in [0.2, 0.25) is 5.02 Å². The molecule has 0 aliphatic carbocycles. The molecule has 25 heavy (non-hydrogen) atoms. The van der Waals surface area contributed by atoms with Gasteiger partial charge in [0.1, 0.15) is 5.82 Å². The summed E-state index contributed by atoms with van der Waals surface area (Å²) >= 11 is 6.25.